The van der Waals surface area contributed by atoms with E-state index in [0.717, 1.165) is 31.0 Å². The molecule has 0 aliphatic carbocycles. The fourth-order valence-corrected chi connectivity index (χ4v) is 2.03. The van der Waals surface area contributed by atoms with E-state index in [2.05, 4.69) is 23.4 Å². The van der Waals surface area contributed by atoms with Crippen LogP contribution in [0.5, 0.6) is 5.75 Å². The first-order valence-corrected chi connectivity index (χ1v) is 6.06. The van der Waals surface area contributed by atoms with Gasteiger partial charge in [-0.3, -0.25) is 4.99 Å². The molecular weight excluding hydrogens is 214 g/mol. The highest BCUT2D eigenvalue weighted by atomic mass is 16.5. The van der Waals surface area contributed by atoms with Crippen molar-refractivity contribution < 1.29 is 4.74 Å². The molecule has 0 spiro atoms. The zero-order valence-corrected chi connectivity index (χ0v) is 10.1. The van der Waals surface area contributed by atoms with Gasteiger partial charge in [0.05, 0.1) is 12.5 Å². The molecule has 1 aliphatic heterocycles. The van der Waals surface area contributed by atoms with Gasteiger partial charge in [-0.05, 0) is 24.5 Å². The number of amidine groups is 1. The second-order valence-corrected chi connectivity index (χ2v) is 4.23. The van der Waals surface area contributed by atoms with Crippen LogP contribution in [0.1, 0.15) is 18.9 Å². The van der Waals surface area contributed by atoms with Crippen LogP contribution < -0.4 is 16.0 Å². The van der Waals surface area contributed by atoms with Crippen LogP contribution in [-0.2, 0) is 6.42 Å². The number of fused-ring (bicyclic) bond motifs is 1. The summed E-state index contributed by atoms with van der Waals surface area (Å²) in [5.74, 6) is 7.60. The summed E-state index contributed by atoms with van der Waals surface area (Å²) in [6.45, 7) is 3.55. The third kappa shape index (κ3) is 2.77. The summed E-state index contributed by atoms with van der Waals surface area (Å²) in [5.41, 5.74) is 3.93. The molecule has 0 bridgehead atoms. The van der Waals surface area contributed by atoms with E-state index in [1.807, 2.05) is 18.2 Å². The molecule has 0 fully saturated rings. The zero-order valence-electron chi connectivity index (χ0n) is 10.1. The van der Waals surface area contributed by atoms with Crippen LogP contribution >= 0.6 is 0 Å². The van der Waals surface area contributed by atoms with Gasteiger partial charge in [0.25, 0.3) is 0 Å². The van der Waals surface area contributed by atoms with E-state index >= 15 is 0 Å². The third-order valence-corrected chi connectivity index (χ3v) is 2.92. The molecule has 4 heteroatoms. The lowest BCUT2D eigenvalue weighted by Gasteiger charge is -2.26. The molecule has 0 saturated carbocycles. The van der Waals surface area contributed by atoms with Crippen LogP contribution in [0.25, 0.3) is 0 Å². The molecule has 1 aliphatic rings. The smallest absolute Gasteiger partial charge is 0.122 e. The van der Waals surface area contributed by atoms with Gasteiger partial charge in [-0.2, -0.15) is 0 Å². The monoisotopic (exact) mass is 233 g/mol. The molecule has 1 aromatic rings. The molecule has 0 saturated heterocycles. The van der Waals surface area contributed by atoms with Gasteiger partial charge in [-0.1, -0.05) is 25.1 Å². The number of para-hydroxylation sites is 1. The molecule has 3 N–H and O–H groups in total. The lowest BCUT2D eigenvalue weighted by Crippen LogP contribution is -2.41. The number of aliphatic imine (C=N–C) groups is 1. The predicted octanol–water partition coefficient (Wildman–Crippen LogP) is 1.51. The molecule has 2 rings (SSSR count). The van der Waals surface area contributed by atoms with Crippen LogP contribution in [0.15, 0.2) is 29.3 Å². The first kappa shape index (κ1) is 11.9. The van der Waals surface area contributed by atoms with E-state index in [0.29, 0.717) is 6.61 Å². The average Bonchev–Trinajstić information content (AvgIpc) is 2.39. The number of benzene rings is 1. The van der Waals surface area contributed by atoms with Crippen molar-refractivity contribution in [1.29, 1.82) is 0 Å². The van der Waals surface area contributed by atoms with E-state index in [1.54, 1.807) is 0 Å². The van der Waals surface area contributed by atoms with E-state index in [1.165, 1.54) is 5.56 Å². The van der Waals surface area contributed by atoms with Crippen LogP contribution in [0.3, 0.4) is 0 Å². The Hall–Kier alpha value is -1.55. The van der Waals surface area contributed by atoms with Crippen molar-refractivity contribution in [2.75, 3.05) is 13.2 Å². The molecule has 1 heterocycles. The van der Waals surface area contributed by atoms with Crippen molar-refractivity contribution in [2.45, 2.75) is 19.8 Å². The number of ether oxygens (including phenoxy) is 1. The standard InChI is InChI=1S/C13H19N3O/c1-2-7-15-13(16-14)11-8-10-5-3-4-6-12(10)17-9-11/h3-6,11H,2,7-9,14H2,1H3,(H,15,16). The zero-order chi connectivity index (χ0) is 12.1. The van der Waals surface area contributed by atoms with Gasteiger partial charge in [-0.25, -0.2) is 5.84 Å². The molecule has 1 atom stereocenters. The topological polar surface area (TPSA) is 59.6 Å². The van der Waals surface area contributed by atoms with Gasteiger partial charge in [0.2, 0.25) is 0 Å². The molecule has 0 radical (unpaired) electrons. The molecule has 1 aromatic carbocycles. The summed E-state index contributed by atoms with van der Waals surface area (Å²) in [6, 6.07) is 8.12. The number of nitrogens with one attached hydrogen (secondary N) is 1. The fourth-order valence-electron chi connectivity index (χ4n) is 2.03. The predicted molar refractivity (Wildman–Crippen MR) is 69.0 cm³/mol. The fraction of sp³-hybridized carbons (Fsp3) is 0.462. The molecule has 4 nitrogen and oxygen atoms in total. The molecule has 0 aromatic heterocycles. The number of hydrogen-bond acceptors (Lipinski definition) is 3. The third-order valence-electron chi connectivity index (χ3n) is 2.92. The van der Waals surface area contributed by atoms with Gasteiger partial charge in [-0.15, -0.1) is 0 Å². The second-order valence-electron chi connectivity index (χ2n) is 4.23. The molecule has 0 amide bonds. The summed E-state index contributed by atoms with van der Waals surface area (Å²) < 4.78 is 5.72. The van der Waals surface area contributed by atoms with Crippen molar-refractivity contribution in [3.8, 4) is 5.75 Å². The van der Waals surface area contributed by atoms with Gasteiger partial charge >= 0.3 is 0 Å². The van der Waals surface area contributed by atoms with E-state index in [4.69, 9.17) is 10.6 Å². The Morgan fingerprint density at radius 3 is 3.12 bits per heavy atom. The van der Waals surface area contributed by atoms with Gasteiger partial charge in [0, 0.05) is 6.54 Å². The lowest BCUT2D eigenvalue weighted by atomic mass is 9.96. The number of nitrogens with two attached hydrogens (primary N) is 1. The molecular formula is C13H19N3O. The van der Waals surface area contributed by atoms with Gasteiger partial charge < -0.3 is 10.2 Å². The van der Waals surface area contributed by atoms with E-state index in [9.17, 15) is 0 Å². The Labute approximate surface area is 102 Å². The number of rotatable bonds is 3. The summed E-state index contributed by atoms with van der Waals surface area (Å²) in [5, 5.41) is 0. The van der Waals surface area contributed by atoms with E-state index < -0.39 is 0 Å². The van der Waals surface area contributed by atoms with Crippen LogP contribution in [0.2, 0.25) is 0 Å². The normalized spacial score (nSPS) is 19.4. The van der Waals surface area contributed by atoms with Crippen LogP contribution in [0.4, 0.5) is 0 Å². The number of hydrogen-bond donors (Lipinski definition) is 2. The maximum atomic E-state index is 5.72. The number of nitrogens with zero attached hydrogens (tertiary/aromatic N) is 1. The Balaban J connectivity index is 2.10. The SMILES string of the molecule is CCCN=C(NN)C1COc2ccccc2C1. The maximum absolute atomic E-state index is 5.72. The summed E-state index contributed by atoms with van der Waals surface area (Å²) in [6.07, 6.45) is 1.96. The largest absolute Gasteiger partial charge is 0.493 e. The lowest BCUT2D eigenvalue weighted by molar-refractivity contribution is 0.256. The summed E-state index contributed by atoms with van der Waals surface area (Å²) in [7, 11) is 0. The van der Waals surface area contributed by atoms with Crippen LogP contribution in [-0.4, -0.2) is 19.0 Å². The molecule has 17 heavy (non-hydrogen) atoms. The first-order valence-electron chi connectivity index (χ1n) is 6.06. The Kier molecular flexibility index (Phi) is 3.98. The minimum absolute atomic E-state index is 0.237. The second kappa shape index (κ2) is 5.68. The Morgan fingerprint density at radius 1 is 1.53 bits per heavy atom. The van der Waals surface area contributed by atoms with Gasteiger partial charge in [0.1, 0.15) is 11.6 Å². The molecule has 92 valence electrons. The Morgan fingerprint density at radius 2 is 2.35 bits per heavy atom. The average molecular weight is 233 g/mol. The highest BCUT2D eigenvalue weighted by Crippen LogP contribution is 2.26. The van der Waals surface area contributed by atoms with Crippen molar-refractivity contribution in [3.63, 3.8) is 0 Å². The number of hydrazine groups is 1. The van der Waals surface area contributed by atoms with Crippen molar-refractivity contribution in [3.05, 3.63) is 29.8 Å². The Bertz CT molecular complexity index is 403. The van der Waals surface area contributed by atoms with Crippen LogP contribution in [0, 0.1) is 5.92 Å². The quantitative estimate of drug-likeness (QED) is 0.360. The minimum Gasteiger partial charge on any atom is -0.493 e. The van der Waals surface area contributed by atoms with Crippen molar-refractivity contribution >= 4 is 5.84 Å². The summed E-state index contributed by atoms with van der Waals surface area (Å²) in [4.78, 5) is 4.46. The van der Waals surface area contributed by atoms with Crippen molar-refractivity contribution in [2.24, 2.45) is 16.8 Å². The van der Waals surface area contributed by atoms with Crippen molar-refractivity contribution in [1.82, 2.24) is 5.43 Å². The summed E-state index contributed by atoms with van der Waals surface area (Å²) >= 11 is 0. The van der Waals surface area contributed by atoms with Gasteiger partial charge in [0.15, 0.2) is 0 Å². The highest BCUT2D eigenvalue weighted by molar-refractivity contribution is 5.84. The minimum atomic E-state index is 0.237. The maximum Gasteiger partial charge on any atom is 0.122 e. The molecule has 1 unspecified atom stereocenters. The highest BCUT2D eigenvalue weighted by Gasteiger charge is 2.23. The van der Waals surface area contributed by atoms with E-state index in [-0.39, 0.29) is 5.92 Å². The first-order chi connectivity index (χ1) is 8.35.